The van der Waals surface area contributed by atoms with Gasteiger partial charge in [-0.2, -0.15) is 0 Å². The van der Waals surface area contributed by atoms with Gasteiger partial charge in [-0.05, 0) is 24.3 Å². The first-order chi connectivity index (χ1) is 8.61. The van der Waals surface area contributed by atoms with Crippen molar-refractivity contribution in [3.05, 3.63) is 60.2 Å². The quantitative estimate of drug-likeness (QED) is 0.833. The van der Waals surface area contributed by atoms with E-state index in [2.05, 4.69) is 9.97 Å². The molecule has 92 valence electrons. The maximum atomic E-state index is 10.3. The number of carbonyl (C=O) groups is 2. The molecule has 2 aromatic heterocycles. The molecule has 0 unspecified atom stereocenters. The van der Waals surface area contributed by atoms with Crippen LogP contribution in [0.1, 0.15) is 20.8 Å². The van der Waals surface area contributed by atoms with Crippen molar-refractivity contribution in [1.29, 1.82) is 0 Å². The first-order valence-corrected chi connectivity index (χ1v) is 4.89. The van der Waals surface area contributed by atoms with Crippen LogP contribution in [0.2, 0.25) is 0 Å². The lowest BCUT2D eigenvalue weighted by atomic mass is 10.2. The summed E-state index contributed by atoms with van der Waals surface area (Å²) in [5.41, 5.74) is -0.194. The average Bonchev–Trinajstić information content (AvgIpc) is 2.41. The number of hydrogen-bond donors (Lipinski definition) is 2. The highest BCUT2D eigenvalue weighted by atomic mass is 16.4. The molecule has 0 radical (unpaired) electrons. The van der Waals surface area contributed by atoms with Crippen molar-refractivity contribution in [3.8, 4) is 0 Å². The Kier molecular flexibility index (Phi) is 4.98. The Hall–Kier alpha value is -2.76. The monoisotopic (exact) mass is 246 g/mol. The van der Waals surface area contributed by atoms with Crippen molar-refractivity contribution in [2.24, 2.45) is 0 Å². The van der Waals surface area contributed by atoms with Gasteiger partial charge in [-0.3, -0.25) is 4.98 Å². The molecule has 0 atom stereocenters. The molecule has 6 heteroatoms. The van der Waals surface area contributed by atoms with E-state index in [9.17, 15) is 9.59 Å². The van der Waals surface area contributed by atoms with E-state index in [1.807, 2.05) is 18.2 Å². The lowest BCUT2D eigenvalue weighted by Crippen LogP contribution is -2.02. The molecular formula is C12H10N2O4. The van der Waals surface area contributed by atoms with Crippen LogP contribution in [-0.2, 0) is 0 Å². The van der Waals surface area contributed by atoms with Crippen LogP contribution in [0.15, 0.2) is 48.9 Å². The Labute approximate surface area is 103 Å². The number of carboxylic acid groups (broad SMARTS) is 2. The largest absolute Gasteiger partial charge is 0.478 e. The van der Waals surface area contributed by atoms with Gasteiger partial charge in [-0.1, -0.05) is 6.07 Å². The molecular weight excluding hydrogens is 236 g/mol. The molecule has 0 fully saturated rings. The van der Waals surface area contributed by atoms with Crippen LogP contribution in [0.4, 0.5) is 0 Å². The fourth-order valence-electron chi connectivity index (χ4n) is 0.959. The number of nitrogens with zero attached hydrogens (tertiary/aromatic N) is 2. The smallest absolute Gasteiger partial charge is 0.354 e. The molecule has 6 nitrogen and oxygen atoms in total. The molecule has 0 spiro atoms. The predicted octanol–water partition coefficient (Wildman–Crippen LogP) is 1.56. The lowest BCUT2D eigenvalue weighted by Gasteiger charge is -1.93. The summed E-state index contributed by atoms with van der Waals surface area (Å²) in [5.74, 6) is -2.30. The van der Waals surface area contributed by atoms with Gasteiger partial charge in [0.2, 0.25) is 0 Å². The zero-order valence-corrected chi connectivity index (χ0v) is 9.22. The van der Waals surface area contributed by atoms with Crippen LogP contribution >= 0.6 is 0 Å². The van der Waals surface area contributed by atoms with E-state index in [-0.39, 0.29) is 11.3 Å². The summed E-state index contributed by atoms with van der Waals surface area (Å²) < 4.78 is 0. The van der Waals surface area contributed by atoms with E-state index in [0.29, 0.717) is 0 Å². The zero-order valence-electron chi connectivity index (χ0n) is 9.22. The summed E-state index contributed by atoms with van der Waals surface area (Å²) in [4.78, 5) is 27.8. The summed E-state index contributed by atoms with van der Waals surface area (Å²) in [5, 5.41) is 16.8. The molecule has 0 aliphatic carbocycles. The number of rotatable bonds is 2. The maximum Gasteiger partial charge on any atom is 0.354 e. The zero-order chi connectivity index (χ0) is 13.4. The van der Waals surface area contributed by atoms with Gasteiger partial charge in [0.25, 0.3) is 0 Å². The number of aromatic nitrogens is 2. The first kappa shape index (κ1) is 13.3. The van der Waals surface area contributed by atoms with Gasteiger partial charge in [0.15, 0.2) is 0 Å². The van der Waals surface area contributed by atoms with Crippen molar-refractivity contribution in [3.63, 3.8) is 0 Å². The molecule has 0 bridgehead atoms. The van der Waals surface area contributed by atoms with E-state index < -0.39 is 11.9 Å². The van der Waals surface area contributed by atoms with Crippen molar-refractivity contribution in [2.75, 3.05) is 0 Å². The van der Waals surface area contributed by atoms with Gasteiger partial charge in [0, 0.05) is 18.6 Å². The Morgan fingerprint density at radius 3 is 1.89 bits per heavy atom. The molecule has 18 heavy (non-hydrogen) atoms. The van der Waals surface area contributed by atoms with Crippen molar-refractivity contribution in [1.82, 2.24) is 9.97 Å². The van der Waals surface area contributed by atoms with E-state index in [1.54, 1.807) is 12.4 Å². The lowest BCUT2D eigenvalue weighted by molar-refractivity contribution is 0.0676. The third kappa shape index (κ3) is 4.40. The molecule has 2 N–H and O–H groups in total. The minimum atomic E-state index is -1.17. The molecule has 2 aromatic rings. The van der Waals surface area contributed by atoms with Gasteiger partial charge >= 0.3 is 11.9 Å². The van der Waals surface area contributed by atoms with E-state index >= 15 is 0 Å². The minimum Gasteiger partial charge on any atom is -0.478 e. The molecule has 0 aliphatic heterocycles. The molecule has 0 aliphatic rings. The van der Waals surface area contributed by atoms with Gasteiger partial charge < -0.3 is 10.2 Å². The second kappa shape index (κ2) is 6.74. The molecule has 0 amide bonds. The van der Waals surface area contributed by atoms with E-state index in [4.69, 9.17) is 10.2 Å². The van der Waals surface area contributed by atoms with Crippen molar-refractivity contribution >= 4 is 11.9 Å². The Balaban J connectivity index is 0.000000225. The molecule has 2 heterocycles. The number of pyridine rings is 2. The summed E-state index contributed by atoms with van der Waals surface area (Å²) in [6.45, 7) is 0. The highest BCUT2D eigenvalue weighted by molar-refractivity contribution is 5.89. The second-order valence-corrected chi connectivity index (χ2v) is 3.07. The number of aromatic carboxylic acids is 2. The van der Waals surface area contributed by atoms with E-state index in [1.165, 1.54) is 6.07 Å². The maximum absolute atomic E-state index is 10.3. The molecule has 0 saturated heterocycles. The van der Waals surface area contributed by atoms with Crippen molar-refractivity contribution in [2.45, 2.75) is 0 Å². The van der Waals surface area contributed by atoms with Crippen LogP contribution in [0.5, 0.6) is 0 Å². The Bertz CT molecular complexity index is 452. The van der Waals surface area contributed by atoms with Crippen LogP contribution < -0.4 is 0 Å². The summed E-state index contributed by atoms with van der Waals surface area (Å²) in [7, 11) is 0. The van der Waals surface area contributed by atoms with Gasteiger partial charge in [0.05, 0.1) is 5.56 Å². The van der Waals surface area contributed by atoms with Crippen LogP contribution in [0, 0.1) is 0 Å². The van der Waals surface area contributed by atoms with Gasteiger partial charge in [0.1, 0.15) is 5.69 Å². The van der Waals surface area contributed by atoms with Gasteiger partial charge in [-0.15, -0.1) is 0 Å². The third-order valence-corrected chi connectivity index (χ3v) is 1.80. The van der Waals surface area contributed by atoms with Crippen molar-refractivity contribution < 1.29 is 19.8 Å². The summed E-state index contributed by atoms with van der Waals surface area (Å²) >= 11 is 0. The highest BCUT2D eigenvalue weighted by Gasteiger charge is 2.06. The normalized spacial score (nSPS) is 8.89. The predicted molar refractivity (Wildman–Crippen MR) is 62.4 cm³/mol. The second-order valence-electron chi connectivity index (χ2n) is 3.07. The fraction of sp³-hybridized carbons (Fsp3) is 0. The third-order valence-electron chi connectivity index (χ3n) is 1.80. The molecule has 2 rings (SSSR count). The number of hydrogen-bond acceptors (Lipinski definition) is 4. The minimum absolute atomic E-state index is 0.0278. The fourth-order valence-corrected chi connectivity index (χ4v) is 0.959. The van der Waals surface area contributed by atoms with Gasteiger partial charge in [-0.25, -0.2) is 14.6 Å². The SMILES string of the molecule is O=C(O)c1ccc(C(=O)O)nc1.c1ccncc1. The topological polar surface area (TPSA) is 100 Å². The average molecular weight is 246 g/mol. The molecule has 0 saturated carbocycles. The van der Waals surface area contributed by atoms with Crippen LogP contribution in [0.25, 0.3) is 0 Å². The van der Waals surface area contributed by atoms with Crippen LogP contribution in [-0.4, -0.2) is 32.1 Å². The Morgan fingerprint density at radius 2 is 1.61 bits per heavy atom. The first-order valence-electron chi connectivity index (χ1n) is 4.89. The van der Waals surface area contributed by atoms with Crippen LogP contribution in [0.3, 0.4) is 0 Å². The molecule has 0 aromatic carbocycles. The Morgan fingerprint density at radius 1 is 0.944 bits per heavy atom. The number of carboxylic acids is 2. The highest BCUT2D eigenvalue weighted by Crippen LogP contribution is 1.99. The van der Waals surface area contributed by atoms with E-state index in [0.717, 1.165) is 12.3 Å². The standard InChI is InChI=1S/C7H5NO4.C5H5N/c9-6(10)4-1-2-5(7(11)12)8-3-4;1-2-4-6-5-3-1/h1-3H,(H,9,10)(H,11,12);1-5H. The summed E-state index contributed by atoms with van der Waals surface area (Å²) in [6.07, 6.45) is 4.51. The summed E-state index contributed by atoms with van der Waals surface area (Å²) in [6, 6.07) is 8.05.